The van der Waals surface area contributed by atoms with Crippen molar-refractivity contribution in [1.82, 2.24) is 0 Å². The zero-order valence-corrected chi connectivity index (χ0v) is 7.01. The molecule has 0 aliphatic rings. The first kappa shape index (κ1) is 10.8. The topological polar surface area (TPSA) is 55.5 Å². The van der Waals surface area contributed by atoms with Crippen molar-refractivity contribution in [2.24, 2.45) is 5.90 Å². The van der Waals surface area contributed by atoms with Gasteiger partial charge in [0.05, 0.1) is 12.2 Å². The van der Waals surface area contributed by atoms with Gasteiger partial charge in [-0.1, -0.05) is 6.07 Å². The fraction of sp³-hybridized carbons (Fsp3) is 0.250. The van der Waals surface area contributed by atoms with Crippen molar-refractivity contribution in [3.8, 4) is 5.75 Å². The first-order chi connectivity index (χ1) is 6.46. The zero-order valence-electron chi connectivity index (χ0n) is 7.01. The van der Waals surface area contributed by atoms with Crippen LogP contribution in [0.2, 0.25) is 0 Å². The second-order valence-electron chi connectivity index (χ2n) is 2.61. The van der Waals surface area contributed by atoms with E-state index in [0.29, 0.717) is 0 Å². The maximum atomic E-state index is 12.3. The predicted molar refractivity (Wildman–Crippen MR) is 42.1 cm³/mol. The van der Waals surface area contributed by atoms with Gasteiger partial charge in [-0.05, 0) is 12.1 Å². The van der Waals surface area contributed by atoms with Gasteiger partial charge in [-0.3, -0.25) is 4.84 Å². The standard InChI is InChI=1S/C8H8F3NO2/c9-8(10,11)6-2-1-3-7(13)5(6)4-14-12/h1-3,13H,4,12H2. The third kappa shape index (κ3) is 2.15. The molecule has 14 heavy (non-hydrogen) atoms. The van der Waals surface area contributed by atoms with E-state index < -0.39 is 24.1 Å². The van der Waals surface area contributed by atoms with Crippen molar-refractivity contribution in [3.63, 3.8) is 0 Å². The number of alkyl halides is 3. The average Bonchev–Trinajstić information content (AvgIpc) is 2.07. The second kappa shape index (κ2) is 3.85. The fourth-order valence-corrected chi connectivity index (χ4v) is 1.08. The van der Waals surface area contributed by atoms with Gasteiger partial charge in [-0.25, -0.2) is 5.90 Å². The highest BCUT2D eigenvalue weighted by molar-refractivity contribution is 5.40. The van der Waals surface area contributed by atoms with E-state index >= 15 is 0 Å². The van der Waals surface area contributed by atoms with Crippen LogP contribution in [-0.2, 0) is 17.6 Å². The molecule has 0 aliphatic heterocycles. The Morgan fingerprint density at radius 3 is 2.50 bits per heavy atom. The van der Waals surface area contributed by atoms with Gasteiger partial charge in [0.2, 0.25) is 0 Å². The van der Waals surface area contributed by atoms with E-state index in [4.69, 9.17) is 5.11 Å². The quantitative estimate of drug-likeness (QED) is 0.727. The van der Waals surface area contributed by atoms with E-state index in [1.54, 1.807) is 0 Å². The summed E-state index contributed by atoms with van der Waals surface area (Å²) in [5, 5.41) is 9.15. The molecule has 3 nitrogen and oxygen atoms in total. The summed E-state index contributed by atoms with van der Waals surface area (Å²) >= 11 is 0. The summed E-state index contributed by atoms with van der Waals surface area (Å²) in [5.41, 5.74) is -1.30. The fourth-order valence-electron chi connectivity index (χ4n) is 1.08. The summed E-state index contributed by atoms with van der Waals surface area (Å²) in [6, 6.07) is 3.11. The normalized spacial score (nSPS) is 11.7. The predicted octanol–water partition coefficient (Wildman–Crippen LogP) is 1.80. The second-order valence-corrected chi connectivity index (χ2v) is 2.61. The molecule has 78 valence electrons. The Morgan fingerprint density at radius 1 is 1.36 bits per heavy atom. The Hall–Kier alpha value is -1.27. The van der Waals surface area contributed by atoms with Crippen molar-refractivity contribution in [3.05, 3.63) is 29.3 Å². The van der Waals surface area contributed by atoms with Crippen LogP contribution in [0.3, 0.4) is 0 Å². The van der Waals surface area contributed by atoms with Crippen LogP contribution < -0.4 is 5.90 Å². The van der Waals surface area contributed by atoms with Crippen LogP contribution in [0.5, 0.6) is 5.75 Å². The first-order valence-corrected chi connectivity index (χ1v) is 3.66. The van der Waals surface area contributed by atoms with Gasteiger partial charge in [0.15, 0.2) is 0 Å². The lowest BCUT2D eigenvalue weighted by Gasteiger charge is -2.12. The highest BCUT2D eigenvalue weighted by Gasteiger charge is 2.34. The van der Waals surface area contributed by atoms with E-state index in [0.717, 1.165) is 18.2 Å². The molecular weight excluding hydrogens is 199 g/mol. The molecule has 0 unspecified atom stereocenters. The SMILES string of the molecule is NOCc1c(O)cccc1C(F)(F)F. The smallest absolute Gasteiger partial charge is 0.416 e. The van der Waals surface area contributed by atoms with Gasteiger partial charge in [0.1, 0.15) is 5.75 Å². The first-order valence-electron chi connectivity index (χ1n) is 3.66. The van der Waals surface area contributed by atoms with Gasteiger partial charge in [-0.15, -0.1) is 0 Å². The average molecular weight is 207 g/mol. The van der Waals surface area contributed by atoms with E-state index in [1.807, 2.05) is 0 Å². The molecule has 0 atom stereocenters. The van der Waals surface area contributed by atoms with Gasteiger partial charge in [-0.2, -0.15) is 13.2 Å². The molecule has 0 heterocycles. The molecule has 1 rings (SSSR count). The molecular formula is C8H8F3NO2. The number of hydrogen-bond donors (Lipinski definition) is 2. The Labute approximate surface area is 77.9 Å². The number of halogens is 3. The van der Waals surface area contributed by atoms with Crippen LogP contribution >= 0.6 is 0 Å². The Balaban J connectivity index is 3.21. The molecule has 0 fully saturated rings. The summed E-state index contributed by atoms with van der Waals surface area (Å²) < 4.78 is 37.0. The Morgan fingerprint density at radius 2 is 2.00 bits per heavy atom. The molecule has 0 aromatic heterocycles. The number of phenols is 1. The lowest BCUT2D eigenvalue weighted by Crippen LogP contribution is -2.11. The molecule has 0 saturated heterocycles. The van der Waals surface area contributed by atoms with Gasteiger partial charge in [0.25, 0.3) is 0 Å². The molecule has 1 aromatic rings. The largest absolute Gasteiger partial charge is 0.508 e. The monoisotopic (exact) mass is 207 g/mol. The number of rotatable bonds is 2. The minimum absolute atomic E-state index is 0.359. The lowest BCUT2D eigenvalue weighted by molar-refractivity contribution is -0.139. The third-order valence-corrected chi connectivity index (χ3v) is 1.68. The summed E-state index contributed by atoms with van der Waals surface area (Å²) in [6.07, 6.45) is -4.52. The van der Waals surface area contributed by atoms with Crippen molar-refractivity contribution in [1.29, 1.82) is 0 Å². The van der Waals surface area contributed by atoms with E-state index in [2.05, 4.69) is 10.7 Å². The summed E-state index contributed by atoms with van der Waals surface area (Å²) in [4.78, 5) is 4.08. The van der Waals surface area contributed by atoms with Gasteiger partial charge < -0.3 is 5.11 Å². The number of benzene rings is 1. The minimum atomic E-state index is -4.52. The maximum Gasteiger partial charge on any atom is 0.416 e. The Kier molecular flexibility index (Phi) is 2.97. The molecule has 0 aliphatic carbocycles. The molecule has 0 radical (unpaired) electrons. The molecule has 1 aromatic carbocycles. The molecule has 0 saturated carbocycles. The summed E-state index contributed by atoms with van der Waals surface area (Å²) in [5.74, 6) is 4.18. The number of hydrogen-bond acceptors (Lipinski definition) is 3. The van der Waals surface area contributed by atoms with E-state index in [1.165, 1.54) is 0 Å². The van der Waals surface area contributed by atoms with Crippen molar-refractivity contribution < 1.29 is 23.1 Å². The van der Waals surface area contributed by atoms with Crippen LogP contribution in [0.1, 0.15) is 11.1 Å². The highest BCUT2D eigenvalue weighted by Crippen LogP contribution is 2.35. The summed E-state index contributed by atoms with van der Waals surface area (Å²) in [6.45, 7) is -0.485. The number of nitrogens with two attached hydrogens (primary N) is 1. The summed E-state index contributed by atoms with van der Waals surface area (Å²) in [7, 11) is 0. The van der Waals surface area contributed by atoms with Crippen LogP contribution in [0, 0.1) is 0 Å². The number of phenolic OH excluding ortho intramolecular Hbond substituents is 1. The van der Waals surface area contributed by atoms with Crippen LogP contribution in [0.25, 0.3) is 0 Å². The lowest BCUT2D eigenvalue weighted by atomic mass is 10.1. The molecule has 3 N–H and O–H groups in total. The highest BCUT2D eigenvalue weighted by atomic mass is 19.4. The zero-order chi connectivity index (χ0) is 10.8. The van der Waals surface area contributed by atoms with E-state index in [9.17, 15) is 13.2 Å². The van der Waals surface area contributed by atoms with Gasteiger partial charge >= 0.3 is 6.18 Å². The molecule has 0 amide bonds. The van der Waals surface area contributed by atoms with Crippen molar-refractivity contribution in [2.75, 3.05) is 0 Å². The van der Waals surface area contributed by atoms with Crippen molar-refractivity contribution in [2.45, 2.75) is 12.8 Å². The molecule has 0 spiro atoms. The molecule has 6 heteroatoms. The van der Waals surface area contributed by atoms with Crippen molar-refractivity contribution >= 4 is 0 Å². The van der Waals surface area contributed by atoms with Crippen LogP contribution in [0.4, 0.5) is 13.2 Å². The minimum Gasteiger partial charge on any atom is -0.508 e. The van der Waals surface area contributed by atoms with Crippen LogP contribution in [-0.4, -0.2) is 5.11 Å². The van der Waals surface area contributed by atoms with E-state index in [-0.39, 0.29) is 5.56 Å². The third-order valence-electron chi connectivity index (χ3n) is 1.68. The maximum absolute atomic E-state index is 12.3. The van der Waals surface area contributed by atoms with Crippen LogP contribution in [0.15, 0.2) is 18.2 Å². The Bertz CT molecular complexity index is 325. The molecule has 0 bridgehead atoms. The number of aromatic hydroxyl groups is 1. The van der Waals surface area contributed by atoms with Gasteiger partial charge in [0, 0.05) is 5.56 Å².